The predicted octanol–water partition coefficient (Wildman–Crippen LogP) is 1.53. The molecule has 8 nitrogen and oxygen atoms in total. The number of phenols is 1. The van der Waals surface area contributed by atoms with Gasteiger partial charge in [0.05, 0.1) is 11.7 Å². The number of allylic oxidation sites excluding steroid dienone is 1. The van der Waals surface area contributed by atoms with Gasteiger partial charge in [0, 0.05) is 11.5 Å². The summed E-state index contributed by atoms with van der Waals surface area (Å²) >= 11 is 0. The molecule has 2 unspecified atom stereocenters. The molecule has 0 aliphatic heterocycles. The molecule has 2 aromatic carbocycles. The first-order valence-corrected chi connectivity index (χ1v) is 11.7. The minimum absolute atomic E-state index is 0.0603. The Hall–Kier alpha value is -3.49. The van der Waals surface area contributed by atoms with E-state index in [2.05, 4.69) is 0 Å². The summed E-state index contributed by atoms with van der Waals surface area (Å²) < 4.78 is 0. The van der Waals surface area contributed by atoms with Gasteiger partial charge in [0.1, 0.15) is 17.4 Å². The van der Waals surface area contributed by atoms with E-state index < -0.39 is 52.7 Å². The highest BCUT2D eigenvalue weighted by molar-refractivity contribution is 6.15. The predicted molar refractivity (Wildman–Crippen MR) is 125 cm³/mol. The van der Waals surface area contributed by atoms with Crippen LogP contribution in [0.15, 0.2) is 53.8 Å². The van der Waals surface area contributed by atoms with Crippen LogP contribution in [-0.4, -0.2) is 49.6 Å². The minimum atomic E-state index is -2.49. The topological polar surface area (TPSA) is 158 Å². The van der Waals surface area contributed by atoms with Gasteiger partial charge in [-0.15, -0.1) is 0 Å². The molecule has 0 bridgehead atoms. The number of aryl methyl sites for hydroxylation is 2. The molecule has 5 atom stereocenters. The molecule has 8 heteroatoms. The Morgan fingerprint density at radius 3 is 2.43 bits per heavy atom. The van der Waals surface area contributed by atoms with Crippen molar-refractivity contribution in [1.29, 1.82) is 0 Å². The molecule has 1 fully saturated rings. The first-order valence-electron chi connectivity index (χ1n) is 11.7. The Balaban J connectivity index is 1.56. The summed E-state index contributed by atoms with van der Waals surface area (Å²) in [6.45, 7) is 0. The van der Waals surface area contributed by atoms with Crippen LogP contribution in [0.5, 0.6) is 5.75 Å². The van der Waals surface area contributed by atoms with Crippen molar-refractivity contribution in [2.75, 3.05) is 0 Å². The van der Waals surface area contributed by atoms with Crippen LogP contribution in [0.2, 0.25) is 0 Å². The Labute approximate surface area is 201 Å². The maximum absolute atomic E-state index is 13.6. The van der Waals surface area contributed by atoms with Crippen molar-refractivity contribution in [2.45, 2.75) is 43.8 Å². The molecule has 0 spiro atoms. The largest absolute Gasteiger partial charge is 0.508 e. The van der Waals surface area contributed by atoms with Crippen LogP contribution in [0, 0.1) is 17.8 Å². The number of carbonyl (C=O) groups is 3. The zero-order valence-electron chi connectivity index (χ0n) is 19.0. The molecule has 3 aliphatic carbocycles. The molecule has 0 radical (unpaired) electrons. The first kappa shape index (κ1) is 23.3. The Bertz CT molecular complexity index is 1270. The number of phenolic OH excluding ortho intramolecular Hbond substituents is 1. The highest BCUT2D eigenvalue weighted by atomic mass is 16.3. The van der Waals surface area contributed by atoms with E-state index in [1.807, 2.05) is 30.3 Å². The van der Waals surface area contributed by atoms with E-state index in [0.29, 0.717) is 18.4 Å². The number of hydrogen-bond acceptors (Lipinski definition) is 7. The molecule has 1 amide bonds. The number of rotatable bonds is 4. The lowest BCUT2D eigenvalue weighted by Gasteiger charge is -2.48. The van der Waals surface area contributed by atoms with E-state index in [1.165, 1.54) is 6.07 Å². The number of aliphatic hydroxyl groups excluding tert-OH is 2. The third-order valence-corrected chi connectivity index (χ3v) is 7.90. The number of carbonyl (C=O) groups excluding carboxylic acids is 3. The maximum atomic E-state index is 13.6. The summed E-state index contributed by atoms with van der Waals surface area (Å²) in [7, 11) is 0. The third kappa shape index (κ3) is 3.47. The minimum Gasteiger partial charge on any atom is -0.508 e. The fourth-order valence-corrected chi connectivity index (χ4v) is 6.15. The first-order chi connectivity index (χ1) is 16.6. The van der Waals surface area contributed by atoms with Crippen molar-refractivity contribution < 1.29 is 34.8 Å². The Morgan fingerprint density at radius 1 is 1.03 bits per heavy atom. The number of amides is 1. The van der Waals surface area contributed by atoms with Gasteiger partial charge < -0.3 is 26.2 Å². The third-order valence-electron chi connectivity index (χ3n) is 7.90. The Kier molecular flexibility index (Phi) is 5.53. The molecule has 182 valence electrons. The zero-order valence-corrected chi connectivity index (χ0v) is 19.0. The van der Waals surface area contributed by atoms with Crippen LogP contribution in [0.3, 0.4) is 0 Å². The fraction of sp³-hybridized carbons (Fsp3) is 0.370. The fourth-order valence-electron chi connectivity index (χ4n) is 6.15. The van der Waals surface area contributed by atoms with Gasteiger partial charge in [-0.25, -0.2) is 0 Å². The van der Waals surface area contributed by atoms with E-state index in [0.717, 1.165) is 17.5 Å². The van der Waals surface area contributed by atoms with Crippen molar-refractivity contribution in [3.05, 3.63) is 76.1 Å². The standard InChI is InChI=1S/C27H27NO7/c28-26(34)22-19(30)12-16-10-15-11-17-14(7-6-13-4-2-1-3-5-13)8-9-18(29)21(17)23(31)20(15)24(32)27(16,35)25(22)33/h1-5,8-9,15-16,19,22,29-30,32,35H,6-7,10-12H2,(H2,28,34)/t15-,16+,19?,22?,27+/m1/s1. The van der Waals surface area contributed by atoms with E-state index >= 15 is 0 Å². The second kappa shape index (κ2) is 8.32. The van der Waals surface area contributed by atoms with Crippen molar-refractivity contribution in [1.82, 2.24) is 0 Å². The molecular formula is C27H27NO7. The molecule has 1 saturated carbocycles. The van der Waals surface area contributed by atoms with E-state index in [-0.39, 0.29) is 29.7 Å². The number of aliphatic hydroxyl groups is 3. The van der Waals surface area contributed by atoms with Crippen LogP contribution < -0.4 is 5.73 Å². The van der Waals surface area contributed by atoms with E-state index in [4.69, 9.17) is 5.73 Å². The number of benzene rings is 2. The van der Waals surface area contributed by atoms with Crippen molar-refractivity contribution in [3.63, 3.8) is 0 Å². The summed E-state index contributed by atoms with van der Waals surface area (Å²) in [4.78, 5) is 38.4. The Morgan fingerprint density at radius 2 is 1.74 bits per heavy atom. The molecule has 0 heterocycles. The van der Waals surface area contributed by atoms with Gasteiger partial charge in [0.2, 0.25) is 5.91 Å². The molecule has 3 aliphatic rings. The van der Waals surface area contributed by atoms with Crippen LogP contribution in [0.25, 0.3) is 0 Å². The van der Waals surface area contributed by atoms with E-state index in [9.17, 15) is 34.8 Å². The lowest BCUT2D eigenvalue weighted by molar-refractivity contribution is -0.167. The van der Waals surface area contributed by atoms with Crippen LogP contribution in [0.4, 0.5) is 0 Å². The molecular weight excluding hydrogens is 450 g/mol. The summed E-state index contributed by atoms with van der Waals surface area (Å²) in [5.41, 5.74) is 5.45. The summed E-state index contributed by atoms with van der Waals surface area (Å²) in [6.07, 6.45) is 0.367. The molecule has 0 aromatic heterocycles. The lowest BCUT2D eigenvalue weighted by atomic mass is 9.57. The number of primary amides is 1. The average molecular weight is 478 g/mol. The number of nitrogens with two attached hydrogens (primary N) is 1. The van der Waals surface area contributed by atoms with Gasteiger partial charge in [-0.1, -0.05) is 36.4 Å². The lowest BCUT2D eigenvalue weighted by Crippen LogP contribution is -2.63. The van der Waals surface area contributed by atoms with Gasteiger partial charge in [0.15, 0.2) is 17.2 Å². The molecule has 2 aromatic rings. The number of ketones is 2. The van der Waals surface area contributed by atoms with Crippen LogP contribution in [-0.2, 0) is 28.9 Å². The van der Waals surface area contributed by atoms with Crippen LogP contribution in [0.1, 0.15) is 39.9 Å². The SMILES string of the molecule is NC(=O)C1C(=O)[C@@]2(O)C(O)=C3C(=O)c4c(O)ccc(CCc5ccccc5)c4C[C@H]3C[C@H]2CC1O. The van der Waals surface area contributed by atoms with Crippen molar-refractivity contribution >= 4 is 17.5 Å². The van der Waals surface area contributed by atoms with Gasteiger partial charge >= 0.3 is 0 Å². The molecule has 5 rings (SSSR count). The quantitative estimate of drug-likeness (QED) is 0.418. The summed E-state index contributed by atoms with van der Waals surface area (Å²) in [5.74, 6) is -6.95. The van der Waals surface area contributed by atoms with Gasteiger partial charge in [-0.2, -0.15) is 0 Å². The smallest absolute Gasteiger partial charge is 0.230 e. The van der Waals surface area contributed by atoms with Crippen molar-refractivity contribution in [3.8, 4) is 5.75 Å². The van der Waals surface area contributed by atoms with Gasteiger partial charge in [-0.3, -0.25) is 14.4 Å². The van der Waals surface area contributed by atoms with Crippen LogP contribution >= 0.6 is 0 Å². The van der Waals surface area contributed by atoms with Gasteiger partial charge in [0.25, 0.3) is 0 Å². The highest BCUT2D eigenvalue weighted by Crippen LogP contribution is 2.51. The normalized spacial score (nSPS) is 29.9. The van der Waals surface area contributed by atoms with Crippen molar-refractivity contribution in [2.24, 2.45) is 23.5 Å². The number of aromatic hydroxyl groups is 1. The van der Waals surface area contributed by atoms with Gasteiger partial charge in [-0.05, 0) is 60.8 Å². The zero-order chi connectivity index (χ0) is 25.1. The number of Topliss-reactive ketones (excluding diaryl/α,β-unsaturated/α-hetero) is 2. The van der Waals surface area contributed by atoms with E-state index in [1.54, 1.807) is 6.07 Å². The second-order valence-electron chi connectivity index (χ2n) is 9.82. The summed E-state index contributed by atoms with van der Waals surface area (Å²) in [6, 6.07) is 13.1. The number of hydrogen-bond donors (Lipinski definition) is 5. The highest BCUT2D eigenvalue weighted by Gasteiger charge is 2.62. The molecule has 0 saturated heterocycles. The average Bonchev–Trinajstić information content (AvgIpc) is 2.81. The monoisotopic (exact) mass is 477 g/mol. The molecule has 6 N–H and O–H groups in total. The second-order valence-corrected chi connectivity index (χ2v) is 9.82. The molecule has 35 heavy (non-hydrogen) atoms. The summed E-state index contributed by atoms with van der Waals surface area (Å²) in [5, 5.41) is 43.4. The number of fused-ring (bicyclic) bond motifs is 3. The maximum Gasteiger partial charge on any atom is 0.230 e.